The van der Waals surface area contributed by atoms with Gasteiger partial charge < -0.3 is 10.1 Å². The third-order valence-corrected chi connectivity index (χ3v) is 6.26. The molecule has 0 bridgehead atoms. The number of fused-ring (bicyclic) bond motifs is 2. The van der Waals surface area contributed by atoms with Gasteiger partial charge in [-0.15, -0.1) is 0 Å². The quantitative estimate of drug-likeness (QED) is 0.741. The molecule has 6 heteroatoms. The van der Waals surface area contributed by atoms with Gasteiger partial charge in [0, 0.05) is 31.5 Å². The van der Waals surface area contributed by atoms with Gasteiger partial charge >= 0.3 is 0 Å². The van der Waals surface area contributed by atoms with Gasteiger partial charge in [0.1, 0.15) is 11.2 Å². The maximum atomic E-state index is 10.4. The molecule has 2 heterocycles. The number of aryl methyl sites for hydroxylation is 1. The molecule has 1 N–H and O–H groups in total. The number of rotatable bonds is 5. The van der Waals surface area contributed by atoms with Crippen LogP contribution in [0.3, 0.4) is 0 Å². The van der Waals surface area contributed by atoms with Crippen molar-refractivity contribution in [3.05, 3.63) is 58.4 Å². The van der Waals surface area contributed by atoms with Gasteiger partial charge in [0.15, 0.2) is 5.84 Å². The van der Waals surface area contributed by atoms with E-state index in [0.717, 1.165) is 80.4 Å². The van der Waals surface area contributed by atoms with E-state index in [1.165, 1.54) is 5.56 Å². The second kappa shape index (κ2) is 9.59. The summed E-state index contributed by atoms with van der Waals surface area (Å²) >= 11 is 0. The van der Waals surface area contributed by atoms with Crippen LogP contribution in [0.4, 0.5) is 0 Å². The molecular weight excluding hydrogens is 386 g/mol. The van der Waals surface area contributed by atoms with E-state index in [1.807, 2.05) is 19.2 Å². The van der Waals surface area contributed by atoms with Gasteiger partial charge in [-0.25, -0.2) is 4.99 Å². The molecule has 6 nitrogen and oxygen atoms in total. The van der Waals surface area contributed by atoms with Crippen LogP contribution < -0.4 is 5.32 Å². The summed E-state index contributed by atoms with van der Waals surface area (Å²) in [6, 6.07) is 11.0. The summed E-state index contributed by atoms with van der Waals surface area (Å²) in [6.07, 6.45) is 7.62. The Labute approximate surface area is 185 Å². The zero-order chi connectivity index (χ0) is 21.7. The second-order valence-corrected chi connectivity index (χ2v) is 8.20. The zero-order valence-corrected chi connectivity index (χ0v) is 18.5. The van der Waals surface area contributed by atoms with Gasteiger partial charge in [0.2, 0.25) is 0 Å². The van der Waals surface area contributed by atoms with Crippen LogP contribution in [0.2, 0.25) is 0 Å². The zero-order valence-electron chi connectivity index (χ0n) is 18.5. The van der Waals surface area contributed by atoms with Gasteiger partial charge in [-0.05, 0) is 43.7 Å². The molecular formula is C25H31N5O. The molecule has 3 aliphatic rings. The van der Waals surface area contributed by atoms with Crippen LogP contribution in [0, 0.1) is 11.3 Å². The summed E-state index contributed by atoms with van der Waals surface area (Å²) in [5, 5.41) is 13.9. The minimum absolute atomic E-state index is 0.651. The fourth-order valence-electron chi connectivity index (χ4n) is 4.76. The van der Waals surface area contributed by atoms with Gasteiger partial charge in [0.25, 0.3) is 0 Å². The van der Waals surface area contributed by atoms with Gasteiger partial charge in [0.05, 0.1) is 24.9 Å². The van der Waals surface area contributed by atoms with E-state index in [2.05, 4.69) is 52.5 Å². The number of hydrogen-bond donors (Lipinski definition) is 1. The fraction of sp³-hybridized carbons (Fsp3) is 0.480. The summed E-state index contributed by atoms with van der Waals surface area (Å²) in [5.74, 6) is 0.756. The third-order valence-electron chi connectivity index (χ3n) is 6.26. The summed E-state index contributed by atoms with van der Waals surface area (Å²) in [5.41, 5.74) is 4.30. The molecule has 4 rings (SSSR count). The van der Waals surface area contributed by atoms with E-state index in [0.29, 0.717) is 6.54 Å². The van der Waals surface area contributed by atoms with Crippen molar-refractivity contribution in [2.75, 3.05) is 32.8 Å². The number of allylic oxidation sites excluding steroid dienone is 1. The Hall–Kier alpha value is -2.75. The maximum absolute atomic E-state index is 10.4. The number of nitrogens with one attached hydrogen (secondary N) is 1. The number of nitriles is 1. The van der Waals surface area contributed by atoms with Crippen molar-refractivity contribution in [1.82, 2.24) is 10.2 Å². The lowest BCUT2D eigenvalue weighted by Crippen LogP contribution is -2.46. The Kier molecular flexibility index (Phi) is 6.64. The van der Waals surface area contributed by atoms with Crippen molar-refractivity contribution >= 4 is 12.1 Å². The molecule has 1 aliphatic carbocycles. The SMILES string of the molecule is C/C=C(\N=CCC)C1=NC2(CCCc3ccccc32)C(C#N)=C(CN2CCOCC2)N1. The van der Waals surface area contributed by atoms with E-state index in [4.69, 9.17) is 9.73 Å². The lowest BCUT2D eigenvalue weighted by atomic mass is 9.71. The van der Waals surface area contributed by atoms with Crippen molar-refractivity contribution in [3.8, 4) is 6.07 Å². The van der Waals surface area contributed by atoms with Crippen LogP contribution in [-0.2, 0) is 16.7 Å². The average molecular weight is 418 g/mol. The number of aliphatic imine (C=N–C) groups is 2. The summed E-state index contributed by atoms with van der Waals surface area (Å²) in [4.78, 5) is 12.2. The van der Waals surface area contributed by atoms with Crippen LogP contribution in [0.5, 0.6) is 0 Å². The van der Waals surface area contributed by atoms with E-state index in [1.54, 1.807) is 0 Å². The second-order valence-electron chi connectivity index (χ2n) is 8.20. The number of amidine groups is 1. The smallest absolute Gasteiger partial charge is 0.152 e. The van der Waals surface area contributed by atoms with Crippen molar-refractivity contribution in [1.29, 1.82) is 5.26 Å². The van der Waals surface area contributed by atoms with E-state index in [-0.39, 0.29) is 0 Å². The predicted octanol–water partition coefficient (Wildman–Crippen LogP) is 3.71. The minimum atomic E-state index is -0.651. The molecule has 1 aromatic rings. The molecule has 1 atom stereocenters. The van der Waals surface area contributed by atoms with Gasteiger partial charge in [-0.1, -0.05) is 37.3 Å². The molecule has 0 aromatic heterocycles. The van der Waals surface area contributed by atoms with E-state index < -0.39 is 5.54 Å². The van der Waals surface area contributed by atoms with E-state index in [9.17, 15) is 5.26 Å². The Morgan fingerprint density at radius 2 is 2.16 bits per heavy atom. The molecule has 0 radical (unpaired) electrons. The largest absolute Gasteiger partial charge is 0.379 e. The molecule has 1 aromatic carbocycles. The first-order valence-electron chi connectivity index (χ1n) is 11.3. The Balaban J connectivity index is 1.85. The lowest BCUT2D eigenvalue weighted by molar-refractivity contribution is 0.0416. The topological polar surface area (TPSA) is 73.0 Å². The molecule has 1 saturated heterocycles. The lowest BCUT2D eigenvalue weighted by Gasteiger charge is -2.41. The molecule has 0 amide bonds. The molecule has 162 valence electrons. The van der Waals surface area contributed by atoms with Crippen LogP contribution >= 0.6 is 0 Å². The Morgan fingerprint density at radius 3 is 2.90 bits per heavy atom. The van der Waals surface area contributed by atoms with Crippen molar-refractivity contribution in [3.63, 3.8) is 0 Å². The number of morpholine rings is 1. The molecule has 2 aliphatic heterocycles. The minimum Gasteiger partial charge on any atom is -0.379 e. The van der Waals surface area contributed by atoms with E-state index >= 15 is 0 Å². The highest BCUT2D eigenvalue weighted by Crippen LogP contribution is 2.46. The predicted molar refractivity (Wildman–Crippen MR) is 124 cm³/mol. The number of ether oxygens (including phenoxy) is 1. The van der Waals surface area contributed by atoms with Crippen LogP contribution in [-0.4, -0.2) is 49.8 Å². The Bertz CT molecular complexity index is 978. The number of benzene rings is 1. The number of nitrogens with zero attached hydrogens (tertiary/aromatic N) is 4. The van der Waals surface area contributed by atoms with Gasteiger partial charge in [-0.3, -0.25) is 9.89 Å². The molecule has 1 unspecified atom stereocenters. The van der Waals surface area contributed by atoms with Crippen molar-refractivity contribution in [2.45, 2.75) is 45.1 Å². The van der Waals surface area contributed by atoms with Crippen molar-refractivity contribution in [2.24, 2.45) is 9.98 Å². The fourth-order valence-corrected chi connectivity index (χ4v) is 4.76. The maximum Gasteiger partial charge on any atom is 0.152 e. The third kappa shape index (κ3) is 4.21. The first kappa shape index (κ1) is 21.5. The summed E-state index contributed by atoms with van der Waals surface area (Å²) < 4.78 is 5.52. The average Bonchev–Trinajstić information content (AvgIpc) is 2.81. The van der Waals surface area contributed by atoms with Crippen LogP contribution in [0.25, 0.3) is 0 Å². The summed E-state index contributed by atoms with van der Waals surface area (Å²) in [7, 11) is 0. The summed E-state index contributed by atoms with van der Waals surface area (Å²) in [6.45, 7) is 7.93. The van der Waals surface area contributed by atoms with Gasteiger partial charge in [-0.2, -0.15) is 5.26 Å². The Morgan fingerprint density at radius 1 is 1.35 bits per heavy atom. The highest BCUT2D eigenvalue weighted by atomic mass is 16.5. The highest BCUT2D eigenvalue weighted by molar-refractivity contribution is 6.01. The molecule has 1 fully saturated rings. The standard InChI is InChI=1S/C25H31N5O/c1-3-12-27-22(4-2)24-28-23(18-30-13-15-31-16-14-30)21(17-26)25(29-24)11-7-9-19-8-5-6-10-20(19)25/h4-6,8,10,12H,3,7,9,11,13-16,18H2,1-2H3,(H,28,29)/b22-4-,27-12?. The molecule has 31 heavy (non-hydrogen) atoms. The monoisotopic (exact) mass is 417 g/mol. The number of hydrogen-bond acceptors (Lipinski definition) is 6. The highest BCUT2D eigenvalue weighted by Gasteiger charge is 2.45. The first-order valence-corrected chi connectivity index (χ1v) is 11.3. The van der Waals surface area contributed by atoms with Crippen LogP contribution in [0.1, 0.15) is 44.2 Å². The van der Waals surface area contributed by atoms with Crippen molar-refractivity contribution < 1.29 is 4.74 Å². The molecule has 0 saturated carbocycles. The van der Waals surface area contributed by atoms with Crippen LogP contribution in [0.15, 0.2) is 57.3 Å². The normalized spacial score (nSPS) is 24.7. The molecule has 1 spiro atoms. The first-order chi connectivity index (χ1) is 15.2.